The van der Waals surface area contributed by atoms with Gasteiger partial charge in [-0.05, 0) is 105 Å². The van der Waals surface area contributed by atoms with Crippen molar-refractivity contribution < 1.29 is 48.1 Å². The predicted octanol–water partition coefficient (Wildman–Crippen LogP) is 8.81. The summed E-state index contributed by atoms with van der Waals surface area (Å²) in [4.78, 5) is 16.9. The van der Waals surface area contributed by atoms with Crippen LogP contribution in [-0.4, -0.2) is 57.3 Å². The summed E-state index contributed by atoms with van der Waals surface area (Å²) in [6, 6.07) is 21.0. The molecule has 0 fully saturated rings. The molecule has 49 heavy (non-hydrogen) atoms. The molecule has 266 valence electrons. The van der Waals surface area contributed by atoms with E-state index in [0.29, 0.717) is 61.8 Å². The molecular formula is C39H50O10. The minimum Gasteiger partial charge on any atom is -0.494 e. The van der Waals surface area contributed by atoms with Crippen molar-refractivity contribution in [1.29, 1.82) is 0 Å². The van der Waals surface area contributed by atoms with Crippen molar-refractivity contribution in [2.45, 2.75) is 63.9 Å². The van der Waals surface area contributed by atoms with Gasteiger partial charge < -0.3 is 33.2 Å². The molecule has 0 spiro atoms. The maximum Gasteiger partial charge on any atom is 0.343 e. The van der Waals surface area contributed by atoms with E-state index in [9.17, 15) is 4.79 Å². The molecule has 0 aromatic heterocycles. The van der Waals surface area contributed by atoms with Crippen molar-refractivity contribution in [2.75, 3.05) is 40.0 Å². The molecule has 0 aliphatic heterocycles. The van der Waals surface area contributed by atoms with Crippen LogP contribution >= 0.6 is 0 Å². The lowest BCUT2D eigenvalue weighted by Crippen LogP contribution is -2.09. The Hall–Kier alpha value is -4.35. The second kappa shape index (κ2) is 24.7. The second-order valence-electron chi connectivity index (χ2n) is 11.1. The van der Waals surface area contributed by atoms with Crippen LogP contribution in [0.1, 0.15) is 68.1 Å². The number of ether oxygens (including phenoxy) is 7. The second-order valence-corrected chi connectivity index (χ2v) is 11.1. The zero-order valence-electron chi connectivity index (χ0n) is 28.3. The van der Waals surface area contributed by atoms with E-state index in [0.717, 1.165) is 63.5 Å². The van der Waals surface area contributed by atoms with E-state index in [1.165, 1.54) is 0 Å². The Kier molecular flexibility index (Phi) is 19.7. The fourth-order valence-corrected chi connectivity index (χ4v) is 4.56. The normalized spacial score (nSPS) is 11.4. The van der Waals surface area contributed by atoms with Crippen molar-refractivity contribution in [3.05, 3.63) is 104 Å². The van der Waals surface area contributed by atoms with Crippen LogP contribution in [0.5, 0.6) is 28.7 Å². The Labute approximate surface area is 290 Å². The van der Waals surface area contributed by atoms with E-state index in [1.807, 2.05) is 24.3 Å². The van der Waals surface area contributed by atoms with Crippen molar-refractivity contribution in [2.24, 2.45) is 0 Å². The van der Waals surface area contributed by atoms with Crippen LogP contribution < -0.4 is 23.7 Å². The molecule has 1 unspecified atom stereocenters. The summed E-state index contributed by atoms with van der Waals surface area (Å²) in [5, 5.41) is 8.70. The molecular weight excluding hydrogens is 628 g/mol. The quantitative estimate of drug-likeness (QED) is 0.0152. The fraction of sp³-hybridized carbons (Fsp3) is 0.410. The Bertz CT molecular complexity index is 1310. The average Bonchev–Trinajstić information content (AvgIpc) is 3.13. The highest BCUT2D eigenvalue weighted by molar-refractivity contribution is 5.91. The van der Waals surface area contributed by atoms with Gasteiger partial charge in [0.2, 0.25) is 6.79 Å². The van der Waals surface area contributed by atoms with Crippen LogP contribution in [0, 0.1) is 0 Å². The molecule has 10 heteroatoms. The third-order valence-electron chi connectivity index (χ3n) is 7.30. The van der Waals surface area contributed by atoms with Crippen LogP contribution in [0.4, 0.5) is 0 Å². The van der Waals surface area contributed by atoms with Gasteiger partial charge >= 0.3 is 5.97 Å². The SMILES string of the molecule is C=CCOCOCCCCCCOc1ccc(OCOc2ccc(OC(=O)c3ccc(OCCCCCCC(C=C)OO)cc3)cc2)cc1. The summed E-state index contributed by atoms with van der Waals surface area (Å²) in [6.45, 7) is 9.99. The van der Waals surface area contributed by atoms with Gasteiger partial charge in [0, 0.05) is 6.61 Å². The van der Waals surface area contributed by atoms with Crippen molar-refractivity contribution in [1.82, 2.24) is 0 Å². The first-order valence-corrected chi connectivity index (χ1v) is 16.8. The molecule has 0 saturated heterocycles. The first-order valence-electron chi connectivity index (χ1n) is 16.8. The van der Waals surface area contributed by atoms with Gasteiger partial charge in [0.1, 0.15) is 41.6 Å². The Morgan fingerprint density at radius 2 is 1.08 bits per heavy atom. The third-order valence-corrected chi connectivity index (χ3v) is 7.30. The number of hydrogen-bond donors (Lipinski definition) is 1. The van der Waals surface area contributed by atoms with Gasteiger partial charge in [0.25, 0.3) is 0 Å². The first-order chi connectivity index (χ1) is 24.1. The molecule has 0 aliphatic carbocycles. The summed E-state index contributed by atoms with van der Waals surface area (Å²) < 4.78 is 39.0. The van der Waals surface area contributed by atoms with Gasteiger partial charge in [-0.2, -0.15) is 0 Å². The zero-order valence-corrected chi connectivity index (χ0v) is 28.3. The van der Waals surface area contributed by atoms with Crippen molar-refractivity contribution in [3.8, 4) is 28.7 Å². The van der Waals surface area contributed by atoms with E-state index in [2.05, 4.69) is 18.0 Å². The predicted molar refractivity (Wildman–Crippen MR) is 188 cm³/mol. The minimum absolute atomic E-state index is 0.0219. The Balaban J connectivity index is 1.24. The molecule has 3 aromatic carbocycles. The van der Waals surface area contributed by atoms with Crippen LogP contribution in [0.15, 0.2) is 98.1 Å². The highest BCUT2D eigenvalue weighted by Gasteiger charge is 2.10. The molecule has 1 N–H and O–H groups in total. The number of carbonyl (C=O) groups is 1. The molecule has 3 aromatic rings. The highest BCUT2D eigenvalue weighted by atomic mass is 17.1. The highest BCUT2D eigenvalue weighted by Crippen LogP contribution is 2.22. The Morgan fingerprint density at radius 3 is 1.61 bits per heavy atom. The fourth-order valence-electron chi connectivity index (χ4n) is 4.56. The maximum absolute atomic E-state index is 12.6. The third kappa shape index (κ3) is 17.0. The summed E-state index contributed by atoms with van der Waals surface area (Å²) >= 11 is 0. The van der Waals surface area contributed by atoms with Crippen molar-refractivity contribution >= 4 is 5.97 Å². The maximum atomic E-state index is 12.6. The zero-order chi connectivity index (χ0) is 34.8. The lowest BCUT2D eigenvalue weighted by Gasteiger charge is -2.11. The Morgan fingerprint density at radius 1 is 0.592 bits per heavy atom. The molecule has 3 rings (SSSR count). The lowest BCUT2D eigenvalue weighted by atomic mass is 10.1. The van der Waals surface area contributed by atoms with E-state index in [1.54, 1.807) is 60.7 Å². The number of esters is 1. The molecule has 0 saturated carbocycles. The van der Waals surface area contributed by atoms with Gasteiger partial charge in [-0.15, -0.1) is 13.2 Å². The molecule has 10 nitrogen and oxygen atoms in total. The number of rotatable bonds is 28. The molecule has 0 aliphatic rings. The summed E-state index contributed by atoms with van der Waals surface area (Å²) in [5.41, 5.74) is 0.420. The van der Waals surface area contributed by atoms with Crippen LogP contribution in [0.25, 0.3) is 0 Å². The number of unbranched alkanes of at least 4 members (excludes halogenated alkanes) is 6. The van der Waals surface area contributed by atoms with Gasteiger partial charge in [-0.3, -0.25) is 5.26 Å². The van der Waals surface area contributed by atoms with Gasteiger partial charge in [-0.25, -0.2) is 9.68 Å². The summed E-state index contributed by atoms with van der Waals surface area (Å²) in [7, 11) is 0. The molecule has 0 amide bonds. The standard InChI is InChI=1S/C39H50O10/c1-3-26-42-30-43-27-10-7-8-12-29-45-35-18-20-36(21-19-35)46-31-47-37-22-24-38(25-23-37)48-39(40)32-14-16-34(17-15-32)44-28-11-6-5-9-13-33(4-2)49-41/h3-4,14-25,33,41H,1-2,5-13,26-31H2. The first kappa shape index (κ1) is 39.1. The van der Waals surface area contributed by atoms with Crippen LogP contribution in [0.3, 0.4) is 0 Å². The summed E-state index contributed by atoms with van der Waals surface area (Å²) in [5.74, 6) is 2.66. The molecule has 0 bridgehead atoms. The number of hydrogen-bond acceptors (Lipinski definition) is 10. The summed E-state index contributed by atoms with van der Waals surface area (Å²) in [6.07, 6.45) is 11.7. The molecule has 0 radical (unpaired) electrons. The van der Waals surface area contributed by atoms with Gasteiger partial charge in [0.05, 0.1) is 25.4 Å². The largest absolute Gasteiger partial charge is 0.494 e. The van der Waals surface area contributed by atoms with Crippen molar-refractivity contribution in [3.63, 3.8) is 0 Å². The van der Waals surface area contributed by atoms with E-state index in [4.69, 9.17) is 38.4 Å². The molecule has 0 heterocycles. The van der Waals surface area contributed by atoms with E-state index in [-0.39, 0.29) is 12.9 Å². The monoisotopic (exact) mass is 678 g/mol. The van der Waals surface area contributed by atoms with E-state index < -0.39 is 5.97 Å². The van der Waals surface area contributed by atoms with Gasteiger partial charge in [-0.1, -0.05) is 37.8 Å². The minimum atomic E-state index is -0.465. The average molecular weight is 679 g/mol. The number of benzene rings is 3. The smallest absolute Gasteiger partial charge is 0.343 e. The number of carbonyl (C=O) groups excluding carboxylic acids is 1. The van der Waals surface area contributed by atoms with E-state index >= 15 is 0 Å². The molecule has 1 atom stereocenters. The topological polar surface area (TPSA) is 111 Å². The van der Waals surface area contributed by atoms with Crippen LogP contribution in [-0.2, 0) is 14.4 Å². The van der Waals surface area contributed by atoms with Gasteiger partial charge in [0.15, 0.2) is 0 Å². The van der Waals surface area contributed by atoms with Crippen LogP contribution in [0.2, 0.25) is 0 Å². The lowest BCUT2D eigenvalue weighted by molar-refractivity contribution is -0.267.